The molecule has 0 saturated heterocycles. The maximum absolute atomic E-state index is 10.4. The molecule has 6 nitrogen and oxygen atoms in total. The second-order valence-electron chi connectivity index (χ2n) is 3.21. The Balaban J connectivity index is 0. The number of rotatable bonds is 5. The number of likely N-dealkylation sites (N-methyl/N-ethyl adjacent to an activating group) is 1. The topological polar surface area (TPSA) is 94.8 Å². The van der Waals surface area contributed by atoms with Crippen molar-refractivity contribution in [1.29, 1.82) is 0 Å². The van der Waals surface area contributed by atoms with E-state index in [1.54, 1.807) is 0 Å². The van der Waals surface area contributed by atoms with Crippen LogP contribution in [0, 0.1) is 0 Å². The summed E-state index contributed by atoms with van der Waals surface area (Å²) in [5, 5.41) is 26.2. The van der Waals surface area contributed by atoms with Gasteiger partial charge < -0.3 is 15.3 Å². The normalized spacial score (nSPS) is 12.8. The summed E-state index contributed by atoms with van der Waals surface area (Å²) in [6.07, 6.45) is -1.02. The van der Waals surface area contributed by atoms with Gasteiger partial charge in [0.25, 0.3) is 0 Å². The van der Waals surface area contributed by atoms with E-state index in [-0.39, 0.29) is 29.6 Å². The minimum Gasteiger partial charge on any atom is -0.477 e. The van der Waals surface area contributed by atoms with Gasteiger partial charge in [-0.2, -0.15) is 0 Å². The molecule has 1 unspecified atom stereocenters. The number of aliphatic hydroxyl groups is 1. The van der Waals surface area contributed by atoms with Crippen molar-refractivity contribution in [2.45, 2.75) is 13.2 Å². The fraction of sp³-hybridized carbons (Fsp3) is 0.714. The summed E-state index contributed by atoms with van der Waals surface area (Å²) >= 11 is 0. The van der Waals surface area contributed by atoms with Crippen LogP contribution in [0.3, 0.4) is 0 Å². The van der Waals surface area contributed by atoms with Crippen LogP contribution >= 0.6 is 0 Å². The number of aliphatic hydroxyl groups excluding tert-OH is 1. The van der Waals surface area contributed by atoms with Gasteiger partial charge in [-0.1, -0.05) is 0 Å². The van der Waals surface area contributed by atoms with Crippen molar-refractivity contribution in [2.24, 2.45) is 0 Å². The molecule has 76 valence electrons. The fourth-order valence-corrected chi connectivity index (χ4v) is 0.938. The zero-order chi connectivity index (χ0) is 10.6. The molecule has 0 spiro atoms. The first-order valence-corrected chi connectivity index (χ1v) is 3.74. The Morgan fingerprint density at radius 3 is 1.64 bits per heavy atom. The van der Waals surface area contributed by atoms with Crippen molar-refractivity contribution in [3.8, 4) is 0 Å². The van der Waals surface area contributed by atoms with Gasteiger partial charge in [-0.25, -0.2) is 9.59 Å². The number of nitrogens with zero attached hydrogens (tertiary/aromatic N) is 1. The minimum absolute atomic E-state index is 0. The second kappa shape index (κ2) is 6.36. The van der Waals surface area contributed by atoms with E-state index in [1.807, 2.05) is 0 Å². The molecule has 3 N–H and O–H groups in total. The van der Waals surface area contributed by atoms with Crippen molar-refractivity contribution < 1.29 is 58.9 Å². The molecule has 0 amide bonds. The van der Waals surface area contributed by atoms with Gasteiger partial charge in [0.2, 0.25) is 0 Å². The summed E-state index contributed by atoms with van der Waals surface area (Å²) in [6.45, 7) is 0.541. The molecule has 0 rings (SSSR count). The maximum Gasteiger partial charge on any atom is 1.00 e. The van der Waals surface area contributed by atoms with Crippen LogP contribution in [0.4, 0.5) is 0 Å². The number of carbonyl (C=O) groups is 2. The number of carboxylic acids is 2. The second-order valence-corrected chi connectivity index (χ2v) is 3.21. The van der Waals surface area contributed by atoms with Crippen LogP contribution in [-0.2, 0) is 9.59 Å². The van der Waals surface area contributed by atoms with Crippen molar-refractivity contribution >= 4 is 11.9 Å². The molecule has 0 aromatic heterocycles. The third kappa shape index (κ3) is 5.56. The Kier molecular flexibility index (Phi) is 7.41. The largest absolute Gasteiger partial charge is 1.00 e. The Morgan fingerprint density at radius 1 is 1.21 bits per heavy atom. The monoisotopic (exact) mass is 215 g/mol. The summed E-state index contributed by atoms with van der Waals surface area (Å²) in [7, 11) is 1.38. The number of hydrogen-bond acceptors (Lipinski definition) is 3. The van der Waals surface area contributed by atoms with Gasteiger partial charge in [-0.3, -0.25) is 4.48 Å². The molecule has 0 aromatic rings. The van der Waals surface area contributed by atoms with Crippen molar-refractivity contribution in [2.75, 3.05) is 20.1 Å². The summed E-state index contributed by atoms with van der Waals surface area (Å²) in [5.74, 6) is -2.27. The molecular weight excluding hydrogens is 201 g/mol. The third-order valence-electron chi connectivity index (χ3n) is 1.90. The zero-order valence-corrected chi connectivity index (χ0v) is 10.6. The Morgan fingerprint density at radius 2 is 1.50 bits per heavy atom. The molecule has 1 atom stereocenters. The number of aliphatic carboxylic acids is 2. The van der Waals surface area contributed by atoms with Gasteiger partial charge in [-0.05, 0) is 0 Å². The fourth-order valence-electron chi connectivity index (χ4n) is 0.938. The quantitative estimate of drug-likeness (QED) is 0.246. The van der Waals surface area contributed by atoms with Gasteiger partial charge >= 0.3 is 41.5 Å². The van der Waals surface area contributed by atoms with Crippen LogP contribution in [0.1, 0.15) is 6.92 Å². The third-order valence-corrected chi connectivity index (χ3v) is 1.90. The van der Waals surface area contributed by atoms with Crippen LogP contribution < -0.4 is 29.6 Å². The zero-order valence-electron chi connectivity index (χ0n) is 8.60. The first-order valence-electron chi connectivity index (χ1n) is 3.74. The Hall–Kier alpha value is -0.140. The van der Waals surface area contributed by atoms with Crippen LogP contribution in [0.2, 0.25) is 0 Å². The van der Waals surface area contributed by atoms with Crippen LogP contribution in [0.25, 0.3) is 0 Å². The Bertz CT molecular complexity index is 202. The standard InChI is InChI=1S/C7H13NO5.Na/c1-5(9)8(2,3-6(10)11)4-7(12)13;/h5,9H,3-4H2,1-2H3,(H-,10,11,12,13);/q;+1/p+1. The predicted octanol–water partition coefficient (Wildman–Crippen LogP) is -4.06. The number of carboxylic acid groups (broad SMARTS) is 2. The summed E-state index contributed by atoms with van der Waals surface area (Å²) in [4.78, 5) is 20.8. The van der Waals surface area contributed by atoms with Gasteiger partial charge in [0.05, 0.1) is 7.05 Å². The van der Waals surface area contributed by atoms with Crippen LogP contribution in [0.15, 0.2) is 0 Å². The van der Waals surface area contributed by atoms with Crippen molar-refractivity contribution in [3.63, 3.8) is 0 Å². The molecule has 0 aliphatic heterocycles. The predicted molar refractivity (Wildman–Crippen MR) is 42.9 cm³/mol. The van der Waals surface area contributed by atoms with E-state index in [9.17, 15) is 14.7 Å². The van der Waals surface area contributed by atoms with Gasteiger partial charge in [0.1, 0.15) is 0 Å². The molecular formula is C7H14NNaO5+2. The van der Waals surface area contributed by atoms with Crippen molar-refractivity contribution in [1.82, 2.24) is 0 Å². The molecule has 14 heavy (non-hydrogen) atoms. The summed E-state index contributed by atoms with van der Waals surface area (Å²) in [5.41, 5.74) is 0. The summed E-state index contributed by atoms with van der Waals surface area (Å²) < 4.78 is -0.426. The average Bonchev–Trinajstić information content (AvgIpc) is 1.82. The van der Waals surface area contributed by atoms with E-state index in [0.29, 0.717) is 0 Å². The van der Waals surface area contributed by atoms with E-state index in [1.165, 1.54) is 14.0 Å². The maximum atomic E-state index is 10.4. The van der Waals surface area contributed by atoms with Gasteiger partial charge in [0.15, 0.2) is 19.3 Å². The van der Waals surface area contributed by atoms with Crippen LogP contribution in [-0.4, -0.2) is 58.1 Å². The summed E-state index contributed by atoms with van der Waals surface area (Å²) in [6, 6.07) is 0. The van der Waals surface area contributed by atoms with E-state index in [4.69, 9.17) is 10.2 Å². The first kappa shape index (κ1) is 16.3. The van der Waals surface area contributed by atoms with E-state index in [0.717, 1.165) is 0 Å². The number of hydrogen-bond donors (Lipinski definition) is 3. The molecule has 0 aliphatic rings. The van der Waals surface area contributed by atoms with Gasteiger partial charge in [0, 0.05) is 6.92 Å². The van der Waals surface area contributed by atoms with Crippen molar-refractivity contribution in [3.05, 3.63) is 0 Å². The van der Waals surface area contributed by atoms with E-state index >= 15 is 0 Å². The molecule has 0 aromatic carbocycles. The molecule has 0 saturated carbocycles. The molecule has 7 heteroatoms. The smallest absolute Gasteiger partial charge is 0.477 e. The van der Waals surface area contributed by atoms with Gasteiger partial charge in [-0.15, -0.1) is 0 Å². The number of quaternary nitrogens is 1. The molecule has 0 heterocycles. The molecule has 0 aliphatic carbocycles. The van der Waals surface area contributed by atoms with E-state index in [2.05, 4.69) is 0 Å². The average molecular weight is 215 g/mol. The molecule has 0 radical (unpaired) electrons. The minimum atomic E-state index is -1.13. The first-order chi connectivity index (χ1) is 5.78. The molecule has 0 bridgehead atoms. The van der Waals surface area contributed by atoms with E-state index < -0.39 is 35.7 Å². The van der Waals surface area contributed by atoms with Crippen LogP contribution in [0.5, 0.6) is 0 Å². The molecule has 0 fully saturated rings. The SMILES string of the molecule is CC(O)[N+](C)(CC(=O)O)CC(=O)O.[Na+]. The Labute approximate surface area is 104 Å².